The van der Waals surface area contributed by atoms with E-state index < -0.39 is 0 Å². The lowest BCUT2D eigenvalue weighted by atomic mass is 9.52. The predicted molar refractivity (Wildman–Crippen MR) is 81.1 cm³/mol. The molecule has 0 aromatic heterocycles. The van der Waals surface area contributed by atoms with Crippen LogP contribution in [0.1, 0.15) is 45.4 Å². The molecule has 0 amide bonds. The lowest BCUT2D eigenvalue weighted by Crippen LogP contribution is -2.50. The summed E-state index contributed by atoms with van der Waals surface area (Å²) in [6.45, 7) is 6.20. The normalized spacial score (nSPS) is 48.5. The van der Waals surface area contributed by atoms with Gasteiger partial charge in [0.1, 0.15) is 0 Å². The summed E-state index contributed by atoms with van der Waals surface area (Å²) in [6.07, 6.45) is 9.22. The van der Waals surface area contributed by atoms with E-state index in [1.165, 1.54) is 26.1 Å². The van der Waals surface area contributed by atoms with Crippen LogP contribution in [-0.2, 0) is 0 Å². The molecule has 1 saturated heterocycles. The second-order valence-corrected chi connectivity index (χ2v) is 7.80. The third-order valence-corrected chi connectivity index (χ3v) is 6.40. The van der Waals surface area contributed by atoms with Gasteiger partial charge in [0, 0.05) is 19.6 Å². The van der Waals surface area contributed by atoms with E-state index in [-0.39, 0.29) is 12.4 Å². The third-order valence-electron chi connectivity index (χ3n) is 6.40. The molecule has 4 saturated carbocycles. The molecule has 3 heteroatoms. The van der Waals surface area contributed by atoms with E-state index >= 15 is 0 Å². The summed E-state index contributed by atoms with van der Waals surface area (Å²) in [5.74, 6) is 6.30. The van der Waals surface area contributed by atoms with Crippen molar-refractivity contribution in [3.05, 3.63) is 0 Å². The molecule has 1 aliphatic heterocycles. The van der Waals surface area contributed by atoms with E-state index in [2.05, 4.69) is 17.4 Å². The molecule has 110 valence electrons. The standard InChI is InChI=1S/C16H28N2.ClH/c1-11-2-3-18(10-11)17-9-16-14-5-12-4-13(7-14)8-15(16)6-12;/h11-17H,2-10H2,1H3;1H. The second kappa shape index (κ2) is 5.54. The van der Waals surface area contributed by atoms with Gasteiger partial charge in [0.05, 0.1) is 0 Å². The first-order valence-corrected chi connectivity index (χ1v) is 8.26. The van der Waals surface area contributed by atoms with Gasteiger partial charge in [0.15, 0.2) is 0 Å². The molecule has 1 N–H and O–H groups in total. The lowest BCUT2D eigenvalue weighted by Gasteiger charge is -2.54. The van der Waals surface area contributed by atoms with Crippen LogP contribution in [0.15, 0.2) is 0 Å². The van der Waals surface area contributed by atoms with Crippen LogP contribution in [0.2, 0.25) is 0 Å². The quantitative estimate of drug-likeness (QED) is 0.855. The van der Waals surface area contributed by atoms with Gasteiger partial charge >= 0.3 is 0 Å². The van der Waals surface area contributed by atoms with Gasteiger partial charge in [-0.15, -0.1) is 12.4 Å². The van der Waals surface area contributed by atoms with E-state index in [1.807, 2.05) is 0 Å². The summed E-state index contributed by atoms with van der Waals surface area (Å²) in [6, 6.07) is 0. The summed E-state index contributed by atoms with van der Waals surface area (Å²) in [5.41, 5.74) is 3.77. The molecule has 0 aromatic rings. The van der Waals surface area contributed by atoms with E-state index in [4.69, 9.17) is 0 Å². The number of halogens is 1. The molecule has 19 heavy (non-hydrogen) atoms. The zero-order valence-corrected chi connectivity index (χ0v) is 13.0. The molecule has 0 radical (unpaired) electrons. The third kappa shape index (κ3) is 2.69. The molecular weight excluding hydrogens is 256 g/mol. The Morgan fingerprint density at radius 3 is 2.16 bits per heavy atom. The minimum Gasteiger partial charge on any atom is -0.255 e. The van der Waals surface area contributed by atoms with Gasteiger partial charge in [-0.05, 0) is 74.0 Å². The smallest absolute Gasteiger partial charge is 0.0157 e. The molecule has 1 unspecified atom stereocenters. The highest BCUT2D eigenvalue weighted by Crippen LogP contribution is 2.56. The van der Waals surface area contributed by atoms with Crippen LogP contribution in [0.3, 0.4) is 0 Å². The number of hydrogen-bond acceptors (Lipinski definition) is 2. The molecule has 4 bridgehead atoms. The van der Waals surface area contributed by atoms with Crippen LogP contribution in [-0.4, -0.2) is 24.6 Å². The highest BCUT2D eigenvalue weighted by atomic mass is 35.5. The van der Waals surface area contributed by atoms with Crippen molar-refractivity contribution < 1.29 is 0 Å². The number of rotatable bonds is 3. The molecule has 0 aromatic carbocycles. The summed E-state index contributed by atoms with van der Waals surface area (Å²) < 4.78 is 0. The van der Waals surface area contributed by atoms with Crippen molar-refractivity contribution in [2.75, 3.05) is 19.6 Å². The Morgan fingerprint density at radius 1 is 1.00 bits per heavy atom. The Kier molecular flexibility index (Phi) is 4.13. The van der Waals surface area contributed by atoms with Crippen molar-refractivity contribution in [3.63, 3.8) is 0 Å². The molecule has 5 aliphatic rings. The van der Waals surface area contributed by atoms with Gasteiger partial charge in [-0.3, -0.25) is 5.43 Å². The maximum absolute atomic E-state index is 3.77. The van der Waals surface area contributed by atoms with Crippen LogP contribution in [0.25, 0.3) is 0 Å². The van der Waals surface area contributed by atoms with Crippen LogP contribution < -0.4 is 5.43 Å². The molecule has 4 aliphatic carbocycles. The number of nitrogens with zero attached hydrogens (tertiary/aromatic N) is 1. The fourth-order valence-corrected chi connectivity index (χ4v) is 5.68. The topological polar surface area (TPSA) is 15.3 Å². The molecule has 5 fully saturated rings. The maximum Gasteiger partial charge on any atom is 0.0157 e. The van der Waals surface area contributed by atoms with Gasteiger partial charge in [-0.2, -0.15) is 0 Å². The van der Waals surface area contributed by atoms with E-state index in [0.717, 1.165) is 35.5 Å². The first-order chi connectivity index (χ1) is 8.78. The lowest BCUT2D eigenvalue weighted by molar-refractivity contribution is -0.0417. The largest absolute Gasteiger partial charge is 0.255 e. The van der Waals surface area contributed by atoms with Gasteiger partial charge in [-0.25, -0.2) is 5.01 Å². The number of hydrazine groups is 1. The first kappa shape index (κ1) is 14.2. The Morgan fingerprint density at radius 2 is 1.63 bits per heavy atom. The highest BCUT2D eigenvalue weighted by Gasteiger charge is 2.47. The van der Waals surface area contributed by atoms with Crippen molar-refractivity contribution in [2.45, 2.75) is 45.4 Å². The molecule has 5 rings (SSSR count). The van der Waals surface area contributed by atoms with Crippen LogP contribution in [0, 0.1) is 35.5 Å². The SMILES string of the molecule is CC1CCN(NCC2C3CC4CC(C3)CC2C4)C1.Cl. The highest BCUT2D eigenvalue weighted by molar-refractivity contribution is 5.85. The Balaban J connectivity index is 0.00000110. The minimum absolute atomic E-state index is 0. The Labute approximate surface area is 124 Å². The average Bonchev–Trinajstić information content (AvgIpc) is 2.73. The van der Waals surface area contributed by atoms with Crippen molar-refractivity contribution in [1.82, 2.24) is 10.4 Å². The fraction of sp³-hybridized carbons (Fsp3) is 1.00. The summed E-state index contributed by atoms with van der Waals surface area (Å²) in [5, 5.41) is 2.50. The number of nitrogens with one attached hydrogen (secondary N) is 1. The summed E-state index contributed by atoms with van der Waals surface area (Å²) in [7, 11) is 0. The van der Waals surface area contributed by atoms with E-state index in [9.17, 15) is 0 Å². The minimum atomic E-state index is 0. The molecule has 1 atom stereocenters. The van der Waals surface area contributed by atoms with Crippen molar-refractivity contribution in [3.8, 4) is 0 Å². The Hall–Kier alpha value is 0.210. The fourth-order valence-electron chi connectivity index (χ4n) is 5.68. The Bertz CT molecular complexity index is 292. The van der Waals surface area contributed by atoms with Crippen molar-refractivity contribution in [2.24, 2.45) is 35.5 Å². The van der Waals surface area contributed by atoms with Gasteiger partial charge in [-0.1, -0.05) is 6.92 Å². The molecule has 1 heterocycles. The van der Waals surface area contributed by atoms with Crippen molar-refractivity contribution >= 4 is 12.4 Å². The number of hydrogen-bond donors (Lipinski definition) is 1. The predicted octanol–water partition coefficient (Wildman–Crippen LogP) is 3.33. The zero-order chi connectivity index (χ0) is 12.1. The van der Waals surface area contributed by atoms with Crippen LogP contribution in [0.5, 0.6) is 0 Å². The average molecular weight is 285 g/mol. The molecular formula is C16H29ClN2. The second-order valence-electron chi connectivity index (χ2n) is 7.80. The van der Waals surface area contributed by atoms with E-state index in [1.54, 1.807) is 32.1 Å². The van der Waals surface area contributed by atoms with Gasteiger partial charge < -0.3 is 0 Å². The maximum atomic E-state index is 3.77. The summed E-state index contributed by atoms with van der Waals surface area (Å²) >= 11 is 0. The monoisotopic (exact) mass is 284 g/mol. The van der Waals surface area contributed by atoms with Crippen LogP contribution in [0.4, 0.5) is 0 Å². The molecule has 0 spiro atoms. The van der Waals surface area contributed by atoms with E-state index in [0.29, 0.717) is 0 Å². The summed E-state index contributed by atoms with van der Waals surface area (Å²) in [4.78, 5) is 0. The van der Waals surface area contributed by atoms with Gasteiger partial charge in [0.25, 0.3) is 0 Å². The van der Waals surface area contributed by atoms with Gasteiger partial charge in [0.2, 0.25) is 0 Å². The molecule has 2 nitrogen and oxygen atoms in total. The first-order valence-electron chi connectivity index (χ1n) is 8.26. The zero-order valence-electron chi connectivity index (χ0n) is 12.2. The van der Waals surface area contributed by atoms with Crippen LogP contribution >= 0.6 is 12.4 Å². The van der Waals surface area contributed by atoms with Crippen molar-refractivity contribution in [1.29, 1.82) is 0 Å².